The monoisotopic (exact) mass is 746 g/mol. The summed E-state index contributed by atoms with van der Waals surface area (Å²) in [6.07, 6.45) is 0. The Kier molecular flexibility index (Phi) is 7.03. The van der Waals surface area contributed by atoms with E-state index >= 15 is 0 Å². The highest BCUT2D eigenvalue weighted by Gasteiger charge is 2.22. The van der Waals surface area contributed by atoms with E-state index in [-0.39, 0.29) is 0 Å². The van der Waals surface area contributed by atoms with Crippen LogP contribution in [-0.4, -0.2) is 19.5 Å². The molecular formula is C51H30N4OS. The highest BCUT2D eigenvalue weighted by Crippen LogP contribution is 2.47. The van der Waals surface area contributed by atoms with Gasteiger partial charge in [0.05, 0.1) is 16.7 Å². The third-order valence-electron chi connectivity index (χ3n) is 11.1. The van der Waals surface area contributed by atoms with Crippen molar-refractivity contribution in [3.05, 3.63) is 182 Å². The van der Waals surface area contributed by atoms with E-state index in [1.165, 1.54) is 31.8 Å². The fraction of sp³-hybridized carbons (Fsp3) is 0. The van der Waals surface area contributed by atoms with Gasteiger partial charge in [-0.15, -0.1) is 11.3 Å². The van der Waals surface area contributed by atoms with E-state index in [2.05, 4.69) is 126 Å². The van der Waals surface area contributed by atoms with E-state index in [4.69, 9.17) is 19.4 Å². The van der Waals surface area contributed by atoms with Crippen LogP contribution in [0.2, 0.25) is 0 Å². The zero-order chi connectivity index (χ0) is 37.5. The Morgan fingerprint density at radius 3 is 1.54 bits per heavy atom. The van der Waals surface area contributed by atoms with Gasteiger partial charge in [-0.3, -0.25) is 0 Å². The minimum Gasteiger partial charge on any atom is -0.454 e. The maximum Gasteiger partial charge on any atom is 0.165 e. The number of nitrogens with zero attached hydrogens (tertiary/aromatic N) is 4. The molecular weight excluding hydrogens is 717 g/mol. The van der Waals surface area contributed by atoms with Gasteiger partial charge < -0.3 is 8.98 Å². The van der Waals surface area contributed by atoms with Crippen molar-refractivity contribution in [2.45, 2.75) is 0 Å². The van der Waals surface area contributed by atoms with Gasteiger partial charge >= 0.3 is 0 Å². The summed E-state index contributed by atoms with van der Waals surface area (Å²) in [5.41, 5.74) is 10.3. The molecule has 8 aromatic carbocycles. The van der Waals surface area contributed by atoms with Gasteiger partial charge in [-0.1, -0.05) is 152 Å². The molecule has 0 bridgehead atoms. The summed E-state index contributed by atoms with van der Waals surface area (Å²) in [6, 6.07) is 63.6. The molecule has 0 saturated heterocycles. The lowest BCUT2D eigenvalue weighted by Gasteiger charge is -2.09. The van der Waals surface area contributed by atoms with Crippen molar-refractivity contribution < 1.29 is 4.42 Å². The quantitative estimate of drug-likeness (QED) is 0.176. The summed E-state index contributed by atoms with van der Waals surface area (Å²) in [5, 5.41) is 7.02. The van der Waals surface area contributed by atoms with Gasteiger partial charge in [0.1, 0.15) is 5.58 Å². The van der Waals surface area contributed by atoms with Crippen LogP contribution in [0, 0.1) is 0 Å². The molecule has 0 spiro atoms. The number of benzene rings is 8. The molecule has 0 aliphatic heterocycles. The van der Waals surface area contributed by atoms with Crippen LogP contribution in [0.4, 0.5) is 0 Å². The number of thiophene rings is 1. The molecule has 4 aromatic heterocycles. The lowest BCUT2D eigenvalue weighted by molar-refractivity contribution is 0.666. The molecule has 0 atom stereocenters. The number of hydrogen-bond acceptors (Lipinski definition) is 5. The summed E-state index contributed by atoms with van der Waals surface area (Å²) in [6.45, 7) is 0. The Labute approximate surface area is 330 Å². The third-order valence-corrected chi connectivity index (χ3v) is 12.4. The molecule has 57 heavy (non-hydrogen) atoms. The van der Waals surface area contributed by atoms with Crippen LogP contribution < -0.4 is 0 Å². The van der Waals surface area contributed by atoms with E-state index < -0.39 is 0 Å². The molecule has 0 amide bonds. The first-order valence-corrected chi connectivity index (χ1v) is 19.8. The summed E-state index contributed by atoms with van der Waals surface area (Å²) >= 11 is 1.79. The van der Waals surface area contributed by atoms with E-state index in [9.17, 15) is 0 Å². The van der Waals surface area contributed by atoms with Crippen molar-refractivity contribution >= 4 is 75.3 Å². The van der Waals surface area contributed by atoms with E-state index in [1.807, 2.05) is 60.7 Å². The highest BCUT2D eigenvalue weighted by atomic mass is 32.1. The standard InChI is InChI=1S/C51H30N4OS/c1-3-15-31(16-4-1)49-52-50(32-17-5-2-6-18-32)54-51(53-49)40-26-12-24-38-37-23-11-22-36(47(37)57-48(38)40)35-21-14-30-44-45(35)39-25-13-29-43(46(39)56-44)55-41-27-9-7-19-33(41)34-20-8-10-28-42(34)55/h1-30H. The molecule has 0 N–H and O–H groups in total. The first-order chi connectivity index (χ1) is 28.3. The molecule has 12 aromatic rings. The van der Waals surface area contributed by atoms with Gasteiger partial charge in [0.25, 0.3) is 0 Å². The second kappa shape index (κ2) is 12.6. The molecule has 4 heterocycles. The van der Waals surface area contributed by atoms with Crippen molar-refractivity contribution in [3.8, 4) is 51.0 Å². The fourth-order valence-electron chi connectivity index (χ4n) is 8.55. The molecule has 0 radical (unpaired) electrons. The smallest absolute Gasteiger partial charge is 0.165 e. The minimum absolute atomic E-state index is 0.650. The van der Waals surface area contributed by atoms with Gasteiger partial charge in [-0.2, -0.15) is 0 Å². The van der Waals surface area contributed by atoms with E-state index in [0.717, 1.165) is 65.6 Å². The molecule has 0 fully saturated rings. The largest absolute Gasteiger partial charge is 0.454 e. The third kappa shape index (κ3) is 4.91. The van der Waals surface area contributed by atoms with Crippen LogP contribution in [0.1, 0.15) is 0 Å². The van der Waals surface area contributed by atoms with Crippen LogP contribution in [0.5, 0.6) is 0 Å². The van der Waals surface area contributed by atoms with Crippen molar-refractivity contribution in [3.63, 3.8) is 0 Å². The molecule has 266 valence electrons. The average molecular weight is 747 g/mol. The molecule has 5 nitrogen and oxygen atoms in total. The van der Waals surface area contributed by atoms with Crippen LogP contribution >= 0.6 is 11.3 Å². The van der Waals surface area contributed by atoms with Crippen molar-refractivity contribution in [1.82, 2.24) is 19.5 Å². The predicted octanol–water partition coefficient (Wildman–Crippen LogP) is 13.9. The number of rotatable bonds is 5. The number of furan rings is 1. The van der Waals surface area contributed by atoms with Gasteiger partial charge in [0.15, 0.2) is 23.1 Å². The highest BCUT2D eigenvalue weighted by molar-refractivity contribution is 7.26. The van der Waals surface area contributed by atoms with Crippen molar-refractivity contribution in [2.24, 2.45) is 0 Å². The first-order valence-electron chi connectivity index (χ1n) is 19.0. The van der Waals surface area contributed by atoms with Crippen LogP contribution in [0.25, 0.3) is 115 Å². The summed E-state index contributed by atoms with van der Waals surface area (Å²) in [7, 11) is 0. The number of hydrogen-bond donors (Lipinski definition) is 0. The average Bonchev–Trinajstić information content (AvgIpc) is 3.97. The first kappa shape index (κ1) is 31.9. The van der Waals surface area contributed by atoms with Crippen molar-refractivity contribution in [1.29, 1.82) is 0 Å². The number of aromatic nitrogens is 4. The SMILES string of the molecule is c1ccc(-c2nc(-c3ccccc3)nc(-c3cccc4c3sc3c(-c5cccc6oc7c(-n8c9ccccc9c9ccccc98)cccc7c56)cccc34)n2)cc1. The molecule has 0 unspecified atom stereocenters. The second-order valence-electron chi connectivity index (χ2n) is 14.3. The zero-order valence-electron chi connectivity index (χ0n) is 30.4. The predicted molar refractivity (Wildman–Crippen MR) is 236 cm³/mol. The molecule has 6 heteroatoms. The zero-order valence-corrected chi connectivity index (χ0v) is 31.2. The van der Waals surface area contributed by atoms with Gasteiger partial charge in [0.2, 0.25) is 0 Å². The van der Waals surface area contributed by atoms with E-state index in [1.54, 1.807) is 11.3 Å². The summed E-state index contributed by atoms with van der Waals surface area (Å²) in [4.78, 5) is 15.2. The normalized spacial score (nSPS) is 11.9. The molecule has 0 saturated carbocycles. The van der Waals surface area contributed by atoms with Crippen LogP contribution in [0.15, 0.2) is 186 Å². The Morgan fingerprint density at radius 2 is 0.877 bits per heavy atom. The van der Waals surface area contributed by atoms with Crippen LogP contribution in [-0.2, 0) is 0 Å². The van der Waals surface area contributed by atoms with Crippen LogP contribution in [0.3, 0.4) is 0 Å². The lowest BCUT2D eigenvalue weighted by atomic mass is 9.97. The Hall–Kier alpha value is -7.41. The molecule has 0 aliphatic carbocycles. The molecule has 12 rings (SSSR count). The maximum atomic E-state index is 6.87. The van der Waals surface area contributed by atoms with Crippen molar-refractivity contribution in [2.75, 3.05) is 0 Å². The van der Waals surface area contributed by atoms with E-state index in [0.29, 0.717) is 17.5 Å². The minimum atomic E-state index is 0.650. The topological polar surface area (TPSA) is 56.7 Å². The Balaban J connectivity index is 1.07. The second-order valence-corrected chi connectivity index (χ2v) is 15.3. The Bertz CT molecular complexity index is 3420. The maximum absolute atomic E-state index is 6.87. The van der Waals surface area contributed by atoms with Gasteiger partial charge in [-0.25, -0.2) is 15.0 Å². The number of para-hydroxylation sites is 3. The summed E-state index contributed by atoms with van der Waals surface area (Å²) < 4.78 is 11.6. The summed E-state index contributed by atoms with van der Waals surface area (Å²) in [5.74, 6) is 1.95. The lowest BCUT2D eigenvalue weighted by Crippen LogP contribution is -2.00. The van der Waals surface area contributed by atoms with Gasteiger partial charge in [-0.05, 0) is 35.9 Å². The van der Waals surface area contributed by atoms with Gasteiger partial charge in [0, 0.05) is 64.0 Å². The number of fused-ring (bicyclic) bond motifs is 9. The molecule has 0 aliphatic rings. The fourth-order valence-corrected chi connectivity index (χ4v) is 9.89. The Morgan fingerprint density at radius 1 is 0.386 bits per heavy atom.